The maximum atomic E-state index is 12.0. The van der Waals surface area contributed by atoms with Gasteiger partial charge in [-0.1, -0.05) is 122 Å². The second kappa shape index (κ2) is 26.6. The van der Waals surface area contributed by atoms with E-state index in [9.17, 15) is 9.59 Å². The van der Waals surface area contributed by atoms with Crippen LogP contribution < -0.4 is 0 Å². The number of unbranched alkanes of at least 4 members (excludes halogenated alkanes) is 14. The zero-order chi connectivity index (χ0) is 29.2. The fraction of sp³-hybridized carbons (Fsp3) is 0.935. The Kier molecular flexibility index (Phi) is 26.5. The van der Waals surface area contributed by atoms with Gasteiger partial charge in [-0.3, -0.25) is 14.5 Å². The molecule has 0 amide bonds. The monoisotopic (exact) mass is 589 g/mol. The van der Waals surface area contributed by atoms with Gasteiger partial charge in [0.05, 0.1) is 0 Å². The van der Waals surface area contributed by atoms with E-state index in [1.165, 1.54) is 89.9 Å². The minimum absolute atomic E-state index is 0.121. The second-order valence-corrected chi connectivity index (χ2v) is 14.8. The Balaban J connectivity index is 4.95. The zero-order valence-corrected chi connectivity index (χ0v) is 28.3. The minimum atomic E-state index is -2.95. The molecule has 6 nitrogen and oxygen atoms in total. The number of rotatable bonds is 29. The molecule has 8 heteroatoms. The summed E-state index contributed by atoms with van der Waals surface area (Å²) in [6.45, 7) is 9.58. The molecule has 0 spiro atoms. The van der Waals surface area contributed by atoms with Crippen molar-refractivity contribution in [3.63, 3.8) is 0 Å². The highest BCUT2D eigenvalue weighted by molar-refractivity contribution is 8.15. The molecule has 0 radical (unpaired) electrons. The summed E-state index contributed by atoms with van der Waals surface area (Å²) in [7, 11) is 1.06. The van der Waals surface area contributed by atoms with Crippen molar-refractivity contribution in [2.75, 3.05) is 33.1 Å². The van der Waals surface area contributed by atoms with Crippen molar-refractivity contribution in [2.24, 2.45) is 0 Å². The highest BCUT2D eigenvalue weighted by Gasteiger charge is 2.42. The van der Waals surface area contributed by atoms with Gasteiger partial charge in [-0.25, -0.2) is 0 Å². The third-order valence-electron chi connectivity index (χ3n) is 7.13. The van der Waals surface area contributed by atoms with Gasteiger partial charge in [0, 0.05) is 31.4 Å². The Morgan fingerprint density at radius 1 is 0.692 bits per heavy atom. The number of hydrogen-bond acceptors (Lipinski definition) is 7. The van der Waals surface area contributed by atoms with Crippen molar-refractivity contribution in [3.05, 3.63) is 0 Å². The summed E-state index contributed by atoms with van der Waals surface area (Å²) >= 11 is 1.12. The number of hydrogen-bond donors (Lipinski definition) is 0. The molecule has 0 N–H and O–H groups in total. The molecule has 0 aromatic heterocycles. The first-order chi connectivity index (χ1) is 18.8. The largest absolute Gasteiger partial charge is 0.502 e. The van der Waals surface area contributed by atoms with Gasteiger partial charge in [-0.2, -0.15) is 0 Å². The third-order valence-corrected chi connectivity index (χ3v) is 11.1. The highest BCUT2D eigenvalue weighted by Crippen LogP contribution is 2.24. The summed E-state index contributed by atoms with van der Waals surface area (Å²) in [5.41, 5.74) is 0. The molecule has 0 aliphatic carbocycles. The smallest absolute Gasteiger partial charge is 0.373 e. The van der Waals surface area contributed by atoms with Crippen LogP contribution in [-0.4, -0.2) is 63.9 Å². The molecule has 0 aliphatic heterocycles. The molecule has 0 aromatic rings. The van der Waals surface area contributed by atoms with Gasteiger partial charge in [-0.05, 0) is 40.3 Å². The first kappa shape index (κ1) is 38.7. The Hall–Kier alpha value is -0.253. The van der Waals surface area contributed by atoms with E-state index in [2.05, 4.69) is 13.8 Å². The molecule has 39 heavy (non-hydrogen) atoms. The maximum absolute atomic E-state index is 12.0. The molecular formula is C31H63NO5SSi. The van der Waals surface area contributed by atoms with E-state index in [0.29, 0.717) is 25.0 Å². The van der Waals surface area contributed by atoms with Crippen LogP contribution in [-0.2, 0) is 22.9 Å². The lowest BCUT2D eigenvalue weighted by Crippen LogP contribution is -2.51. The Bertz CT molecular complexity index is 571. The summed E-state index contributed by atoms with van der Waals surface area (Å²) in [5, 5.41) is -0.341. The Labute approximate surface area is 247 Å². The van der Waals surface area contributed by atoms with E-state index in [0.717, 1.165) is 31.0 Å². The summed E-state index contributed by atoms with van der Waals surface area (Å²) in [4.78, 5) is 25.7. The lowest BCUT2D eigenvalue weighted by molar-refractivity contribution is -0.131. The molecular weight excluding hydrogens is 526 g/mol. The zero-order valence-electron chi connectivity index (χ0n) is 26.5. The van der Waals surface area contributed by atoms with Crippen molar-refractivity contribution in [1.29, 1.82) is 0 Å². The fourth-order valence-electron chi connectivity index (χ4n) is 4.28. The molecule has 0 rings (SSSR count). The highest BCUT2D eigenvalue weighted by atomic mass is 32.2. The van der Waals surface area contributed by atoms with Crippen LogP contribution in [0.3, 0.4) is 0 Å². The van der Waals surface area contributed by atoms with Gasteiger partial charge in [0.1, 0.15) is 6.23 Å². The average molecular weight is 590 g/mol. The topological polar surface area (TPSA) is 65.1 Å². The number of nitrogens with zero attached hydrogens (tertiary/aromatic N) is 1. The van der Waals surface area contributed by atoms with Crippen molar-refractivity contribution in [3.8, 4) is 0 Å². The molecule has 1 unspecified atom stereocenters. The van der Waals surface area contributed by atoms with Gasteiger partial charge in [-0.15, -0.1) is 0 Å². The van der Waals surface area contributed by atoms with Gasteiger partial charge < -0.3 is 13.3 Å². The molecule has 0 bridgehead atoms. The third kappa shape index (κ3) is 22.1. The predicted octanol–water partition coefficient (Wildman–Crippen LogP) is 8.79. The second-order valence-electron chi connectivity index (χ2n) is 11.0. The minimum Gasteiger partial charge on any atom is -0.373 e. The summed E-state index contributed by atoms with van der Waals surface area (Å²) in [5.74, 6) is 0.277. The van der Waals surface area contributed by atoms with Crippen LogP contribution in [0.5, 0.6) is 0 Å². The molecule has 1 atom stereocenters. The summed E-state index contributed by atoms with van der Waals surface area (Å²) < 4.78 is 19.7. The summed E-state index contributed by atoms with van der Waals surface area (Å²) in [6, 6.07) is 0.666. The first-order valence-corrected chi connectivity index (χ1v) is 19.1. The van der Waals surface area contributed by atoms with Crippen LogP contribution in [0.1, 0.15) is 143 Å². The van der Waals surface area contributed by atoms with Crippen LogP contribution >= 0.6 is 11.8 Å². The SMILES string of the molecule is CCCCCCCCCCO[Si](CCCSC(=O)C(=O)CC)(OCCCCCCCCCC)OC(C)N(C)C. The molecule has 0 saturated heterocycles. The van der Waals surface area contributed by atoms with Gasteiger partial charge in [0.25, 0.3) is 5.12 Å². The molecule has 0 heterocycles. The first-order valence-electron chi connectivity index (χ1n) is 16.1. The van der Waals surface area contributed by atoms with Crippen molar-refractivity contribution in [2.45, 2.75) is 156 Å². The molecule has 0 fully saturated rings. The van der Waals surface area contributed by atoms with Crippen LogP contribution in [0.15, 0.2) is 0 Å². The number of carbonyl (C=O) groups excluding carboxylic acids is 2. The maximum Gasteiger partial charge on any atom is 0.502 e. The van der Waals surface area contributed by atoms with E-state index >= 15 is 0 Å². The molecule has 0 aromatic carbocycles. The van der Waals surface area contributed by atoms with E-state index < -0.39 is 8.80 Å². The van der Waals surface area contributed by atoms with Crippen LogP contribution in [0.4, 0.5) is 0 Å². The Morgan fingerprint density at radius 2 is 1.13 bits per heavy atom. The predicted molar refractivity (Wildman–Crippen MR) is 169 cm³/mol. The average Bonchev–Trinajstić information content (AvgIpc) is 2.92. The van der Waals surface area contributed by atoms with Gasteiger partial charge >= 0.3 is 8.80 Å². The fourth-order valence-corrected chi connectivity index (χ4v) is 8.20. The number of thioether (sulfide) groups is 1. The van der Waals surface area contributed by atoms with E-state index in [1.807, 2.05) is 25.9 Å². The van der Waals surface area contributed by atoms with Crippen molar-refractivity contribution >= 4 is 31.5 Å². The molecule has 0 saturated carbocycles. The van der Waals surface area contributed by atoms with E-state index in [4.69, 9.17) is 13.3 Å². The van der Waals surface area contributed by atoms with Crippen molar-refractivity contribution in [1.82, 2.24) is 4.90 Å². The van der Waals surface area contributed by atoms with Gasteiger partial charge in [0.15, 0.2) is 0 Å². The lowest BCUT2D eigenvalue weighted by Gasteiger charge is -2.34. The molecule has 232 valence electrons. The van der Waals surface area contributed by atoms with Crippen LogP contribution in [0, 0.1) is 0 Å². The normalized spacial score (nSPS) is 12.8. The number of carbonyl (C=O) groups is 2. The van der Waals surface area contributed by atoms with E-state index in [-0.39, 0.29) is 23.5 Å². The van der Waals surface area contributed by atoms with E-state index in [1.54, 1.807) is 6.92 Å². The lowest BCUT2D eigenvalue weighted by atomic mass is 10.1. The van der Waals surface area contributed by atoms with Crippen LogP contribution in [0.2, 0.25) is 6.04 Å². The number of Topliss-reactive ketones (excluding diaryl/α,β-unsaturated/α-hetero) is 1. The van der Waals surface area contributed by atoms with Crippen LogP contribution in [0.25, 0.3) is 0 Å². The number of ketones is 1. The quantitative estimate of drug-likeness (QED) is 0.0374. The Morgan fingerprint density at radius 3 is 1.54 bits per heavy atom. The standard InChI is InChI=1S/C31H63NO5SSi/c1-7-10-12-14-16-18-20-22-25-35-39(37-29(4)32(5)6,28-24-27-38-31(34)30(33)9-3)36-26-23-21-19-17-15-13-11-8-2/h29H,7-28H2,1-6H3. The summed E-state index contributed by atoms with van der Waals surface area (Å²) in [6.07, 6.45) is 20.9. The van der Waals surface area contributed by atoms with Crippen molar-refractivity contribution < 1.29 is 22.9 Å². The molecule has 0 aliphatic rings. The van der Waals surface area contributed by atoms with Gasteiger partial charge in [0.2, 0.25) is 5.78 Å².